The molecule has 0 aliphatic heterocycles. The van der Waals surface area contributed by atoms with E-state index in [2.05, 4.69) is 55.2 Å². The molecule has 0 aromatic heterocycles. The van der Waals surface area contributed by atoms with Crippen molar-refractivity contribution in [1.29, 1.82) is 0 Å². The molecule has 0 spiro atoms. The molecule has 1 aromatic rings. The first kappa shape index (κ1) is 24.2. The van der Waals surface area contributed by atoms with Crippen LogP contribution in [0.15, 0.2) is 30.3 Å². The summed E-state index contributed by atoms with van der Waals surface area (Å²) in [4.78, 5) is 13.5. The molecule has 4 heteroatoms. The number of rotatable bonds is 5. The lowest BCUT2D eigenvalue weighted by Gasteiger charge is -2.58. The second kappa shape index (κ2) is 10.0. The molecule has 3 N–H and O–H groups in total. The van der Waals surface area contributed by atoms with Crippen molar-refractivity contribution in [3.05, 3.63) is 35.9 Å². The summed E-state index contributed by atoms with van der Waals surface area (Å²) in [5, 5.41) is 3.43. The molecule has 3 saturated carbocycles. The highest BCUT2D eigenvalue weighted by Gasteiger charge is 2.56. The Morgan fingerprint density at radius 2 is 1.71 bits per heavy atom. The van der Waals surface area contributed by atoms with Crippen molar-refractivity contribution in [2.24, 2.45) is 22.5 Å². The van der Waals surface area contributed by atoms with Gasteiger partial charge in [-0.3, -0.25) is 9.18 Å². The third-order valence-electron chi connectivity index (χ3n) is 8.27. The number of nitrogens with one attached hydrogen (secondary N) is 1. The Labute approximate surface area is 188 Å². The van der Waals surface area contributed by atoms with E-state index >= 15 is 0 Å². The lowest BCUT2D eigenvalue weighted by atomic mass is 9.47. The molecule has 1 amide bonds. The number of carbonyl (C=O) groups is 1. The zero-order chi connectivity index (χ0) is 22.5. The third-order valence-corrected chi connectivity index (χ3v) is 8.27. The van der Waals surface area contributed by atoms with E-state index in [4.69, 9.17) is 0 Å². The maximum atomic E-state index is 13.5. The van der Waals surface area contributed by atoms with Gasteiger partial charge in [-0.15, -0.1) is 0 Å². The van der Waals surface area contributed by atoms with Gasteiger partial charge in [-0.2, -0.15) is 0 Å². The highest BCUT2D eigenvalue weighted by molar-refractivity contribution is 5.83. The fraction of sp³-hybridized carbons (Fsp3) is 0.741. The van der Waals surface area contributed by atoms with E-state index in [-0.39, 0.29) is 28.8 Å². The molecule has 0 radical (unpaired) electrons. The highest BCUT2D eigenvalue weighted by atomic mass is 19.1. The van der Waals surface area contributed by atoms with Gasteiger partial charge in [0, 0.05) is 11.5 Å². The van der Waals surface area contributed by atoms with Crippen molar-refractivity contribution >= 4 is 5.91 Å². The van der Waals surface area contributed by atoms with Crippen LogP contribution in [0, 0.1) is 16.7 Å². The normalized spacial score (nSPS) is 35.6. The fourth-order valence-corrected chi connectivity index (χ4v) is 7.33. The molecule has 31 heavy (non-hydrogen) atoms. The summed E-state index contributed by atoms with van der Waals surface area (Å²) in [6.45, 7) is 4.24. The van der Waals surface area contributed by atoms with Gasteiger partial charge in [0.1, 0.15) is 0 Å². The molecule has 0 saturated heterocycles. The predicted molar refractivity (Wildman–Crippen MR) is 127 cm³/mol. The minimum Gasteiger partial charge on any atom is -0.353 e. The average molecular weight is 431 g/mol. The number of amides is 1. The Kier molecular flexibility index (Phi) is 7.83. The molecule has 3 aliphatic carbocycles. The molecule has 1 aromatic carbocycles. The average Bonchev–Trinajstić information content (AvgIpc) is 2.75. The highest BCUT2D eigenvalue weighted by Crippen LogP contribution is 2.62. The van der Waals surface area contributed by atoms with Crippen LogP contribution in [0.25, 0.3) is 0 Å². The first-order valence-corrected chi connectivity index (χ1v) is 12.4. The first-order valence-electron chi connectivity index (χ1n) is 12.4. The number of nitrogens with two attached hydrogens (primary N) is 1. The van der Waals surface area contributed by atoms with E-state index in [1.807, 2.05) is 0 Å². The van der Waals surface area contributed by atoms with Crippen LogP contribution >= 0.6 is 0 Å². The lowest BCUT2D eigenvalue weighted by Crippen LogP contribution is -2.55. The second-order valence-electron chi connectivity index (χ2n) is 11.1. The summed E-state index contributed by atoms with van der Waals surface area (Å²) in [5.41, 5.74) is 5.55. The molecular formula is C27H43FN2O. The van der Waals surface area contributed by atoms with E-state index in [0.717, 1.165) is 44.9 Å². The van der Waals surface area contributed by atoms with Crippen molar-refractivity contribution < 1.29 is 9.18 Å². The topological polar surface area (TPSA) is 55.1 Å². The summed E-state index contributed by atoms with van der Waals surface area (Å²) in [6.07, 6.45) is 11.7. The monoisotopic (exact) mass is 430 g/mol. The molecule has 3 unspecified atom stereocenters. The summed E-state index contributed by atoms with van der Waals surface area (Å²) in [5.74, 6) is 0.764. The van der Waals surface area contributed by atoms with E-state index in [9.17, 15) is 9.18 Å². The van der Waals surface area contributed by atoms with Crippen LogP contribution in [0.4, 0.5) is 4.39 Å². The van der Waals surface area contributed by atoms with Crippen molar-refractivity contribution in [1.82, 2.24) is 5.32 Å². The van der Waals surface area contributed by atoms with Crippen LogP contribution in [0.2, 0.25) is 0 Å². The molecule has 4 atom stereocenters. The Hall–Kier alpha value is -1.42. The quantitative estimate of drug-likeness (QED) is 0.610. The van der Waals surface area contributed by atoms with Gasteiger partial charge in [-0.1, -0.05) is 63.4 Å². The van der Waals surface area contributed by atoms with Crippen molar-refractivity contribution in [2.75, 3.05) is 13.7 Å². The molecule has 2 bridgehead atoms. The summed E-state index contributed by atoms with van der Waals surface area (Å²) < 4.78 is 13.4. The largest absolute Gasteiger partial charge is 0.353 e. The Morgan fingerprint density at radius 3 is 2.35 bits per heavy atom. The molecule has 3 fully saturated rings. The number of carbonyl (C=O) groups excluding carboxylic acids is 1. The fourth-order valence-electron chi connectivity index (χ4n) is 7.33. The van der Waals surface area contributed by atoms with E-state index in [0.29, 0.717) is 18.4 Å². The van der Waals surface area contributed by atoms with Crippen molar-refractivity contribution in [2.45, 2.75) is 95.9 Å². The second-order valence-corrected chi connectivity index (χ2v) is 11.1. The van der Waals surface area contributed by atoms with Crippen LogP contribution in [-0.2, 0) is 10.2 Å². The van der Waals surface area contributed by atoms with Gasteiger partial charge in [-0.25, -0.2) is 0 Å². The predicted octanol–water partition coefficient (Wildman–Crippen LogP) is 5.91. The summed E-state index contributed by atoms with van der Waals surface area (Å²) in [6, 6.07) is 11.1. The number of hydrogen-bond donors (Lipinski definition) is 2. The number of benzene rings is 1. The Bertz CT molecular complexity index is 719. The van der Waals surface area contributed by atoms with Gasteiger partial charge in [0.2, 0.25) is 5.91 Å². The van der Waals surface area contributed by atoms with Gasteiger partial charge < -0.3 is 11.1 Å². The molecular weight excluding hydrogens is 387 g/mol. The molecule has 0 heterocycles. The number of fused-ring (bicyclic) bond motifs is 2. The Morgan fingerprint density at radius 1 is 1.03 bits per heavy atom. The first-order chi connectivity index (χ1) is 14.9. The van der Waals surface area contributed by atoms with Crippen LogP contribution in [0.5, 0.6) is 0 Å². The van der Waals surface area contributed by atoms with E-state index < -0.39 is 0 Å². The van der Waals surface area contributed by atoms with Crippen LogP contribution in [0.1, 0.15) is 90.0 Å². The van der Waals surface area contributed by atoms with Crippen LogP contribution in [0.3, 0.4) is 0 Å². The molecule has 3 aliphatic rings. The zero-order valence-electron chi connectivity index (χ0n) is 19.9. The Balaban J connectivity index is 0.00000132. The molecule has 3 nitrogen and oxygen atoms in total. The minimum absolute atomic E-state index is 0.00893. The van der Waals surface area contributed by atoms with Crippen molar-refractivity contribution in [3.63, 3.8) is 0 Å². The standard InChI is InChI=1S/C26H38FNO.CH5N/c1-24(13-14-27)15-20-16-25(2,23(29)28-22-11-7-4-8-12-22)19-26(17-20,18-24)21-9-5-3-6-10-21;1-2/h3,5-6,9-10,20,22H,4,7-8,11-19H2,1-2H3,(H,28,29);2H2,1H3/t20?,24-,25?,26?;/m0./s1. The van der Waals surface area contributed by atoms with Gasteiger partial charge >= 0.3 is 0 Å². The third kappa shape index (κ3) is 5.32. The van der Waals surface area contributed by atoms with Gasteiger partial charge in [0.15, 0.2) is 0 Å². The van der Waals surface area contributed by atoms with Crippen LogP contribution in [-0.4, -0.2) is 25.7 Å². The number of halogens is 1. The summed E-state index contributed by atoms with van der Waals surface area (Å²) in [7, 11) is 1.50. The number of hydrogen-bond acceptors (Lipinski definition) is 2. The zero-order valence-corrected chi connectivity index (χ0v) is 19.9. The van der Waals surface area contributed by atoms with Crippen LogP contribution < -0.4 is 11.1 Å². The molecule has 4 rings (SSSR count). The SMILES string of the molecule is CC1(C(=O)NC2CCCCC2)CC2CC(c3ccccc3)(C1)C[C@@](C)(CCF)C2.CN. The van der Waals surface area contributed by atoms with Gasteiger partial charge in [-0.05, 0) is 80.7 Å². The van der Waals surface area contributed by atoms with Gasteiger partial charge in [0.25, 0.3) is 0 Å². The number of alkyl halides is 1. The summed E-state index contributed by atoms with van der Waals surface area (Å²) >= 11 is 0. The van der Waals surface area contributed by atoms with E-state index in [1.54, 1.807) is 0 Å². The maximum Gasteiger partial charge on any atom is 0.226 e. The molecule has 174 valence electrons. The maximum absolute atomic E-state index is 13.5. The minimum atomic E-state index is -0.326. The lowest BCUT2D eigenvalue weighted by molar-refractivity contribution is -0.139. The van der Waals surface area contributed by atoms with E-state index in [1.165, 1.54) is 31.9 Å². The van der Waals surface area contributed by atoms with Gasteiger partial charge in [0.05, 0.1) is 6.67 Å². The smallest absolute Gasteiger partial charge is 0.226 e. The van der Waals surface area contributed by atoms with Crippen molar-refractivity contribution in [3.8, 4) is 0 Å².